The molecular weight excluding hydrogens is 306 g/mol. The molecule has 0 spiro atoms. The normalized spacial score (nSPS) is 16.4. The number of nitrogens with zero attached hydrogens (tertiary/aromatic N) is 1. The van der Waals surface area contributed by atoms with Gasteiger partial charge in [-0.05, 0) is 42.5 Å². The van der Waals surface area contributed by atoms with E-state index in [1.54, 1.807) is 25.1 Å². The SMILES string of the molecule is CCN1C(=O)S/C(=C\c2cc(OC)c(OC)c(OC)c2)C1=O. The molecule has 118 valence electrons. The number of hydrogen-bond donors (Lipinski definition) is 0. The molecule has 0 aromatic heterocycles. The second-order valence-electron chi connectivity index (χ2n) is 4.38. The van der Waals surface area contributed by atoms with Crippen molar-refractivity contribution in [2.24, 2.45) is 0 Å². The summed E-state index contributed by atoms with van der Waals surface area (Å²) >= 11 is 0.924. The zero-order valence-electron chi connectivity index (χ0n) is 12.8. The van der Waals surface area contributed by atoms with E-state index in [0.717, 1.165) is 11.8 Å². The quantitative estimate of drug-likeness (QED) is 0.776. The van der Waals surface area contributed by atoms with Gasteiger partial charge in [-0.2, -0.15) is 0 Å². The van der Waals surface area contributed by atoms with Crippen LogP contribution in [0.5, 0.6) is 17.2 Å². The van der Waals surface area contributed by atoms with Crippen LogP contribution >= 0.6 is 11.8 Å². The van der Waals surface area contributed by atoms with Gasteiger partial charge in [0.1, 0.15) is 0 Å². The molecule has 1 heterocycles. The number of rotatable bonds is 5. The van der Waals surface area contributed by atoms with Crippen molar-refractivity contribution in [3.63, 3.8) is 0 Å². The van der Waals surface area contributed by atoms with E-state index in [1.807, 2.05) is 0 Å². The van der Waals surface area contributed by atoms with Crippen molar-refractivity contribution in [3.8, 4) is 17.2 Å². The van der Waals surface area contributed by atoms with Crippen LogP contribution in [0.3, 0.4) is 0 Å². The van der Waals surface area contributed by atoms with Crippen molar-refractivity contribution < 1.29 is 23.8 Å². The molecule has 1 aromatic rings. The zero-order valence-corrected chi connectivity index (χ0v) is 13.7. The van der Waals surface area contributed by atoms with E-state index in [2.05, 4.69) is 0 Å². The number of likely N-dealkylation sites (N-methyl/N-ethyl adjacent to an activating group) is 1. The first-order chi connectivity index (χ1) is 10.5. The molecule has 0 radical (unpaired) electrons. The molecule has 0 bridgehead atoms. The maximum Gasteiger partial charge on any atom is 0.293 e. The van der Waals surface area contributed by atoms with E-state index in [1.165, 1.54) is 26.2 Å². The van der Waals surface area contributed by atoms with E-state index in [-0.39, 0.29) is 11.1 Å². The lowest BCUT2D eigenvalue weighted by molar-refractivity contribution is -0.122. The molecule has 2 amide bonds. The van der Waals surface area contributed by atoms with Crippen molar-refractivity contribution in [3.05, 3.63) is 22.6 Å². The Balaban J connectivity index is 2.44. The molecule has 1 saturated heterocycles. The Morgan fingerprint density at radius 2 is 1.68 bits per heavy atom. The van der Waals surface area contributed by atoms with Gasteiger partial charge in [0.25, 0.3) is 11.1 Å². The predicted molar refractivity (Wildman–Crippen MR) is 84.4 cm³/mol. The minimum atomic E-state index is -0.286. The van der Waals surface area contributed by atoms with Crippen LogP contribution in [0.25, 0.3) is 6.08 Å². The molecule has 1 aromatic carbocycles. The standard InChI is InChI=1S/C15H17NO5S/c1-5-16-14(17)12(22-15(16)18)8-9-6-10(19-2)13(21-4)11(7-9)20-3/h6-8H,5H2,1-4H3/b12-8-. The third kappa shape index (κ3) is 2.89. The Morgan fingerprint density at radius 3 is 2.09 bits per heavy atom. The number of carbonyl (C=O) groups is 2. The van der Waals surface area contributed by atoms with E-state index < -0.39 is 0 Å². The van der Waals surface area contributed by atoms with Gasteiger partial charge in [-0.15, -0.1) is 0 Å². The predicted octanol–water partition coefficient (Wildman–Crippen LogP) is 2.77. The van der Waals surface area contributed by atoms with E-state index in [9.17, 15) is 9.59 Å². The second-order valence-corrected chi connectivity index (χ2v) is 5.38. The summed E-state index contributed by atoms with van der Waals surface area (Å²) in [5.74, 6) is 1.17. The molecule has 6 nitrogen and oxygen atoms in total. The van der Waals surface area contributed by atoms with Gasteiger partial charge in [0, 0.05) is 6.54 Å². The third-order valence-corrected chi connectivity index (χ3v) is 4.08. The smallest absolute Gasteiger partial charge is 0.293 e. The second kappa shape index (κ2) is 6.74. The molecule has 2 rings (SSSR count). The summed E-state index contributed by atoms with van der Waals surface area (Å²) in [4.78, 5) is 25.4. The molecule has 0 N–H and O–H groups in total. The van der Waals surface area contributed by atoms with Crippen LogP contribution in [0, 0.1) is 0 Å². The van der Waals surface area contributed by atoms with Crippen molar-refractivity contribution >= 4 is 29.0 Å². The van der Waals surface area contributed by atoms with Crippen molar-refractivity contribution in [1.82, 2.24) is 4.90 Å². The Bertz CT molecular complexity index is 616. The zero-order chi connectivity index (χ0) is 16.3. The fourth-order valence-electron chi connectivity index (χ4n) is 2.11. The van der Waals surface area contributed by atoms with Gasteiger partial charge in [0.15, 0.2) is 11.5 Å². The average molecular weight is 323 g/mol. The lowest BCUT2D eigenvalue weighted by Gasteiger charge is -2.13. The van der Waals surface area contributed by atoms with Crippen LogP contribution in [-0.4, -0.2) is 43.9 Å². The minimum absolute atomic E-state index is 0.258. The summed E-state index contributed by atoms with van der Waals surface area (Å²) in [5.41, 5.74) is 0.691. The average Bonchev–Trinajstić information content (AvgIpc) is 2.79. The molecule has 7 heteroatoms. The Kier molecular flexibility index (Phi) is 4.97. The van der Waals surface area contributed by atoms with E-state index >= 15 is 0 Å². The monoisotopic (exact) mass is 323 g/mol. The number of imide groups is 1. The summed E-state index contributed by atoms with van der Waals surface area (Å²) in [5, 5.41) is -0.258. The molecule has 0 atom stereocenters. The Labute approximate surface area is 133 Å². The van der Waals surface area contributed by atoms with Gasteiger partial charge in [0.2, 0.25) is 5.75 Å². The Morgan fingerprint density at radius 1 is 1.09 bits per heavy atom. The first kappa shape index (κ1) is 16.2. The van der Waals surface area contributed by atoms with Crippen LogP contribution in [-0.2, 0) is 4.79 Å². The maximum atomic E-state index is 12.1. The number of thioether (sulfide) groups is 1. The van der Waals surface area contributed by atoms with Crippen LogP contribution in [0.1, 0.15) is 12.5 Å². The van der Waals surface area contributed by atoms with Crippen LogP contribution in [0.2, 0.25) is 0 Å². The number of methoxy groups -OCH3 is 3. The van der Waals surface area contributed by atoms with Crippen molar-refractivity contribution in [1.29, 1.82) is 0 Å². The fourth-order valence-corrected chi connectivity index (χ4v) is 3.01. The number of benzene rings is 1. The highest BCUT2D eigenvalue weighted by atomic mass is 32.2. The Hall–Kier alpha value is -2.15. The van der Waals surface area contributed by atoms with Gasteiger partial charge in [-0.25, -0.2) is 0 Å². The molecule has 0 saturated carbocycles. The lowest BCUT2D eigenvalue weighted by atomic mass is 10.1. The summed E-state index contributed by atoms with van der Waals surface area (Å²) in [7, 11) is 4.56. The van der Waals surface area contributed by atoms with Gasteiger partial charge < -0.3 is 14.2 Å². The van der Waals surface area contributed by atoms with Crippen LogP contribution < -0.4 is 14.2 Å². The van der Waals surface area contributed by atoms with E-state index in [4.69, 9.17) is 14.2 Å². The highest BCUT2D eigenvalue weighted by molar-refractivity contribution is 8.18. The van der Waals surface area contributed by atoms with Gasteiger partial charge in [0.05, 0.1) is 26.2 Å². The lowest BCUT2D eigenvalue weighted by Crippen LogP contribution is -2.27. The summed E-state index contributed by atoms with van der Waals surface area (Å²) in [6.07, 6.45) is 1.64. The molecule has 1 aliphatic heterocycles. The first-order valence-corrected chi connectivity index (χ1v) is 7.42. The fraction of sp³-hybridized carbons (Fsp3) is 0.333. The van der Waals surface area contributed by atoms with Crippen molar-refractivity contribution in [2.45, 2.75) is 6.92 Å². The molecule has 0 aliphatic carbocycles. The molecule has 1 fully saturated rings. The van der Waals surface area contributed by atoms with Crippen molar-refractivity contribution in [2.75, 3.05) is 27.9 Å². The number of carbonyl (C=O) groups excluding carboxylic acids is 2. The molecule has 1 aliphatic rings. The maximum absolute atomic E-state index is 12.1. The summed E-state index contributed by atoms with van der Waals surface area (Å²) < 4.78 is 15.8. The molecule has 0 unspecified atom stereocenters. The topological polar surface area (TPSA) is 65.1 Å². The first-order valence-electron chi connectivity index (χ1n) is 6.61. The van der Waals surface area contributed by atoms with Crippen LogP contribution in [0.4, 0.5) is 4.79 Å². The highest BCUT2D eigenvalue weighted by Gasteiger charge is 2.33. The van der Waals surface area contributed by atoms with Gasteiger partial charge >= 0.3 is 0 Å². The van der Waals surface area contributed by atoms with E-state index in [0.29, 0.717) is 34.3 Å². The largest absolute Gasteiger partial charge is 0.493 e. The number of hydrogen-bond acceptors (Lipinski definition) is 6. The number of ether oxygens (including phenoxy) is 3. The summed E-state index contributed by atoms with van der Waals surface area (Å²) in [6.45, 7) is 2.12. The molecule has 22 heavy (non-hydrogen) atoms. The number of amides is 2. The highest BCUT2D eigenvalue weighted by Crippen LogP contribution is 2.40. The van der Waals surface area contributed by atoms with Gasteiger partial charge in [-0.3, -0.25) is 14.5 Å². The van der Waals surface area contributed by atoms with Crippen LogP contribution in [0.15, 0.2) is 17.0 Å². The van der Waals surface area contributed by atoms with Gasteiger partial charge in [-0.1, -0.05) is 0 Å². The molecular formula is C15H17NO5S. The third-order valence-electron chi connectivity index (χ3n) is 3.17. The summed E-state index contributed by atoms with van der Waals surface area (Å²) in [6, 6.07) is 3.45. The minimum Gasteiger partial charge on any atom is -0.493 e.